The van der Waals surface area contributed by atoms with Crippen molar-refractivity contribution in [3.05, 3.63) is 96.1 Å². The summed E-state index contributed by atoms with van der Waals surface area (Å²) < 4.78 is 18.7. The Labute approximate surface area is 240 Å². The largest absolute Gasteiger partial charge is 0.465 e. The van der Waals surface area contributed by atoms with E-state index in [1.165, 1.54) is 0 Å². The number of aromatic amines is 1. The van der Waals surface area contributed by atoms with Crippen molar-refractivity contribution in [2.24, 2.45) is 0 Å². The summed E-state index contributed by atoms with van der Waals surface area (Å²) in [4.78, 5) is 18.3. The molecule has 2 N–H and O–H groups in total. The van der Waals surface area contributed by atoms with Gasteiger partial charge in [0.25, 0.3) is 11.9 Å². The molecular weight excluding hydrogens is 534 g/mol. The SMILES string of the molecule is CCOc1nc2cccc(C(=O)Nc3ccc4c(c3)OCO4)c2n1Cc1ccc(-c2ccccc2-c2nn[nH]n2)cc1. The zero-order valence-corrected chi connectivity index (χ0v) is 22.6. The minimum Gasteiger partial charge on any atom is -0.465 e. The van der Waals surface area contributed by atoms with Gasteiger partial charge in [-0.05, 0) is 53.1 Å². The van der Waals surface area contributed by atoms with Crippen LogP contribution in [0.25, 0.3) is 33.5 Å². The maximum Gasteiger partial charge on any atom is 0.297 e. The number of carbonyl (C=O) groups is 1. The van der Waals surface area contributed by atoms with Crippen molar-refractivity contribution in [2.45, 2.75) is 13.5 Å². The summed E-state index contributed by atoms with van der Waals surface area (Å²) in [6, 6.07) is 27.4. The first kappa shape index (κ1) is 25.3. The molecule has 0 radical (unpaired) electrons. The van der Waals surface area contributed by atoms with Gasteiger partial charge in [-0.3, -0.25) is 9.36 Å². The third-order valence-electron chi connectivity index (χ3n) is 7.00. The van der Waals surface area contributed by atoms with Gasteiger partial charge >= 0.3 is 0 Å². The van der Waals surface area contributed by atoms with E-state index in [9.17, 15) is 4.79 Å². The molecule has 0 atom stereocenters. The van der Waals surface area contributed by atoms with Crippen molar-refractivity contribution in [2.75, 3.05) is 18.7 Å². The molecule has 0 fully saturated rings. The number of fused-ring (bicyclic) bond motifs is 2. The average molecular weight is 560 g/mol. The highest BCUT2D eigenvalue weighted by Gasteiger charge is 2.21. The van der Waals surface area contributed by atoms with Gasteiger partial charge in [0.05, 0.1) is 29.7 Å². The molecule has 11 nitrogen and oxygen atoms in total. The minimum atomic E-state index is -0.267. The lowest BCUT2D eigenvalue weighted by Crippen LogP contribution is -2.14. The number of hydrogen-bond donors (Lipinski definition) is 2. The van der Waals surface area contributed by atoms with Crippen molar-refractivity contribution in [1.29, 1.82) is 0 Å². The summed E-state index contributed by atoms with van der Waals surface area (Å²) >= 11 is 0. The Kier molecular flexibility index (Phi) is 6.43. The Bertz CT molecular complexity index is 1900. The number of anilines is 1. The number of amides is 1. The molecule has 208 valence electrons. The van der Waals surface area contributed by atoms with Gasteiger partial charge in [0.1, 0.15) is 0 Å². The van der Waals surface area contributed by atoms with Crippen molar-refractivity contribution < 1.29 is 19.0 Å². The third kappa shape index (κ3) is 4.66. The maximum atomic E-state index is 13.5. The van der Waals surface area contributed by atoms with Crippen molar-refractivity contribution in [3.63, 3.8) is 0 Å². The monoisotopic (exact) mass is 559 g/mol. The van der Waals surface area contributed by atoms with Gasteiger partial charge in [-0.1, -0.05) is 54.6 Å². The van der Waals surface area contributed by atoms with Crippen LogP contribution < -0.4 is 19.5 Å². The fourth-order valence-electron chi connectivity index (χ4n) is 5.08. The van der Waals surface area contributed by atoms with Crippen molar-refractivity contribution in [3.8, 4) is 40.0 Å². The van der Waals surface area contributed by atoms with E-state index in [-0.39, 0.29) is 12.7 Å². The summed E-state index contributed by atoms with van der Waals surface area (Å²) in [6.07, 6.45) is 0. The first-order valence-corrected chi connectivity index (χ1v) is 13.4. The van der Waals surface area contributed by atoms with Crippen LogP contribution in [0.2, 0.25) is 0 Å². The van der Waals surface area contributed by atoms with Crippen LogP contribution in [0, 0.1) is 0 Å². The van der Waals surface area contributed by atoms with E-state index >= 15 is 0 Å². The molecule has 1 amide bonds. The Morgan fingerprint density at radius 1 is 0.976 bits per heavy atom. The number of nitrogens with one attached hydrogen (secondary N) is 2. The molecule has 2 aromatic heterocycles. The maximum absolute atomic E-state index is 13.5. The fourth-order valence-corrected chi connectivity index (χ4v) is 5.08. The van der Waals surface area contributed by atoms with Gasteiger partial charge in [0, 0.05) is 17.3 Å². The topological polar surface area (TPSA) is 129 Å². The minimum absolute atomic E-state index is 0.164. The summed E-state index contributed by atoms with van der Waals surface area (Å²) in [5.41, 5.74) is 6.36. The summed E-state index contributed by atoms with van der Waals surface area (Å²) in [5.74, 6) is 1.52. The zero-order valence-electron chi connectivity index (χ0n) is 22.6. The van der Waals surface area contributed by atoms with Crippen LogP contribution in [0.15, 0.2) is 84.9 Å². The van der Waals surface area contributed by atoms with E-state index in [1.54, 1.807) is 24.3 Å². The zero-order chi connectivity index (χ0) is 28.5. The second kappa shape index (κ2) is 10.7. The lowest BCUT2D eigenvalue weighted by molar-refractivity contribution is 0.102. The predicted molar refractivity (Wildman–Crippen MR) is 156 cm³/mol. The number of tetrazole rings is 1. The van der Waals surface area contributed by atoms with Crippen molar-refractivity contribution in [1.82, 2.24) is 30.2 Å². The van der Waals surface area contributed by atoms with Crippen LogP contribution in [0.3, 0.4) is 0 Å². The molecule has 0 saturated heterocycles. The van der Waals surface area contributed by atoms with Gasteiger partial charge < -0.3 is 19.5 Å². The molecule has 0 bridgehead atoms. The normalized spacial score (nSPS) is 12.0. The first-order valence-electron chi connectivity index (χ1n) is 13.4. The summed E-state index contributed by atoms with van der Waals surface area (Å²) in [6.45, 7) is 2.96. The second-order valence-corrected chi connectivity index (χ2v) is 9.59. The molecule has 4 aromatic carbocycles. The van der Waals surface area contributed by atoms with Gasteiger partial charge in [0.2, 0.25) is 12.6 Å². The molecular formula is C31H25N7O4. The molecule has 0 aliphatic carbocycles. The quantitative estimate of drug-likeness (QED) is 0.257. The molecule has 1 aliphatic rings. The standard InChI is InChI=1S/C31H25N7O4/c1-2-40-31-33-25-9-5-8-24(30(39)32-21-14-15-26-27(16-21)42-18-41-26)28(25)38(31)17-19-10-12-20(13-11-19)22-6-3-4-7-23(22)29-34-36-37-35-29/h3-16H,2,17-18H2,1H3,(H,32,39)(H,34,35,36,37). The number of imidazole rings is 1. The molecule has 0 unspecified atom stereocenters. The smallest absolute Gasteiger partial charge is 0.297 e. The summed E-state index contributed by atoms with van der Waals surface area (Å²) in [7, 11) is 0. The Balaban J connectivity index is 1.21. The average Bonchev–Trinajstić information content (AvgIpc) is 3.79. The van der Waals surface area contributed by atoms with E-state index in [4.69, 9.17) is 19.2 Å². The van der Waals surface area contributed by atoms with Crippen LogP contribution in [0.4, 0.5) is 5.69 Å². The molecule has 1 aliphatic heterocycles. The van der Waals surface area contributed by atoms with E-state index < -0.39 is 0 Å². The predicted octanol–water partition coefficient (Wildman–Crippen LogP) is 5.31. The van der Waals surface area contributed by atoms with Crippen LogP contribution in [0.5, 0.6) is 17.5 Å². The molecule has 0 saturated carbocycles. The molecule has 42 heavy (non-hydrogen) atoms. The number of ether oxygens (including phenoxy) is 3. The Morgan fingerprint density at radius 3 is 2.62 bits per heavy atom. The molecule has 3 heterocycles. The van der Waals surface area contributed by atoms with E-state index in [2.05, 4.69) is 50.2 Å². The Morgan fingerprint density at radius 2 is 1.81 bits per heavy atom. The van der Waals surface area contributed by atoms with Gasteiger partial charge in [-0.2, -0.15) is 10.2 Å². The second-order valence-electron chi connectivity index (χ2n) is 9.59. The third-order valence-corrected chi connectivity index (χ3v) is 7.00. The highest BCUT2D eigenvalue weighted by Crippen LogP contribution is 2.35. The summed E-state index contributed by atoms with van der Waals surface area (Å²) in [5, 5.41) is 17.5. The molecule has 11 heteroatoms. The highest BCUT2D eigenvalue weighted by molar-refractivity contribution is 6.12. The van der Waals surface area contributed by atoms with E-state index in [0.29, 0.717) is 58.8 Å². The molecule has 7 rings (SSSR count). The number of aromatic nitrogens is 6. The number of carbonyl (C=O) groups excluding carboxylic acids is 1. The lowest BCUT2D eigenvalue weighted by Gasteiger charge is -2.13. The van der Waals surface area contributed by atoms with Crippen LogP contribution in [0.1, 0.15) is 22.8 Å². The van der Waals surface area contributed by atoms with E-state index in [0.717, 1.165) is 22.3 Å². The van der Waals surface area contributed by atoms with Crippen molar-refractivity contribution >= 4 is 22.6 Å². The number of nitrogens with zero attached hydrogens (tertiary/aromatic N) is 5. The van der Waals surface area contributed by atoms with Crippen LogP contribution >= 0.6 is 0 Å². The van der Waals surface area contributed by atoms with Gasteiger partial charge in [0.15, 0.2) is 11.5 Å². The molecule has 6 aromatic rings. The number of H-pyrrole nitrogens is 1. The van der Waals surface area contributed by atoms with Gasteiger partial charge in [-0.25, -0.2) is 0 Å². The molecule has 0 spiro atoms. The number of rotatable bonds is 8. The number of hydrogen-bond acceptors (Lipinski definition) is 8. The lowest BCUT2D eigenvalue weighted by atomic mass is 9.98. The first-order chi connectivity index (χ1) is 20.7. The van der Waals surface area contributed by atoms with Crippen LogP contribution in [-0.2, 0) is 6.54 Å². The highest BCUT2D eigenvalue weighted by atomic mass is 16.7. The fraction of sp³-hybridized carbons (Fsp3) is 0.129. The number of benzene rings is 4. The van der Waals surface area contributed by atoms with Gasteiger partial charge in [-0.15, -0.1) is 10.2 Å². The Hall–Kier alpha value is -5.71. The number of para-hydroxylation sites is 1. The van der Waals surface area contributed by atoms with E-state index in [1.807, 2.05) is 47.9 Å². The van der Waals surface area contributed by atoms with Crippen LogP contribution in [-0.4, -0.2) is 49.5 Å².